The van der Waals surface area contributed by atoms with Crippen LogP contribution in [0.3, 0.4) is 0 Å². The first-order chi connectivity index (χ1) is 7.08. The van der Waals surface area contributed by atoms with Crippen molar-refractivity contribution < 1.29 is 9.50 Å². The lowest BCUT2D eigenvalue weighted by Crippen LogP contribution is -1.83. The topological polar surface area (TPSA) is 74.9 Å². The van der Waals surface area contributed by atoms with Gasteiger partial charge in [-0.25, -0.2) is 4.39 Å². The van der Waals surface area contributed by atoms with Crippen molar-refractivity contribution in [2.75, 3.05) is 5.73 Å². The molecule has 0 atom stereocenters. The molecule has 6 heteroatoms. The quantitative estimate of drug-likeness (QED) is 0.745. The van der Waals surface area contributed by atoms with Crippen LogP contribution in [0.1, 0.15) is 0 Å². The number of rotatable bonds is 1. The number of nitrogens with one attached hydrogen (secondary N) is 1. The van der Waals surface area contributed by atoms with Gasteiger partial charge in [-0.3, -0.25) is 5.10 Å². The molecule has 0 amide bonds. The number of phenols is 1. The van der Waals surface area contributed by atoms with Crippen molar-refractivity contribution in [3.8, 4) is 17.0 Å². The van der Waals surface area contributed by atoms with Gasteiger partial charge in [0.15, 0.2) is 11.6 Å². The SMILES string of the molecule is Nc1cc(-c2cc(F)c(O)c(Br)c2)[nH]n1. The number of aromatic amines is 1. The highest BCUT2D eigenvalue weighted by atomic mass is 79.9. The standard InChI is InChI=1S/C9H7BrFN3O/c10-5-1-4(2-6(11)9(5)15)7-3-8(12)14-13-7/h1-3,15H,(H3,12,13,14). The summed E-state index contributed by atoms with van der Waals surface area (Å²) in [6.45, 7) is 0. The molecule has 4 N–H and O–H groups in total. The number of phenolic OH excluding ortho intramolecular Hbond substituents is 1. The highest BCUT2D eigenvalue weighted by Crippen LogP contribution is 2.32. The zero-order chi connectivity index (χ0) is 11.0. The van der Waals surface area contributed by atoms with Crippen molar-refractivity contribution in [2.24, 2.45) is 0 Å². The maximum absolute atomic E-state index is 13.2. The number of nitrogens with two attached hydrogens (primary N) is 1. The van der Waals surface area contributed by atoms with Crippen LogP contribution in [0.5, 0.6) is 5.75 Å². The number of benzene rings is 1. The molecule has 0 spiro atoms. The normalized spacial score (nSPS) is 10.5. The van der Waals surface area contributed by atoms with Gasteiger partial charge in [-0.2, -0.15) is 5.10 Å². The maximum atomic E-state index is 13.2. The number of hydrogen-bond donors (Lipinski definition) is 3. The van der Waals surface area contributed by atoms with Crippen LogP contribution in [0.15, 0.2) is 22.7 Å². The van der Waals surface area contributed by atoms with Crippen molar-refractivity contribution in [3.05, 3.63) is 28.5 Å². The van der Waals surface area contributed by atoms with Crippen molar-refractivity contribution in [3.63, 3.8) is 0 Å². The molecule has 2 aromatic rings. The number of nitrogens with zero attached hydrogens (tertiary/aromatic N) is 1. The first-order valence-corrected chi connectivity index (χ1v) is 4.86. The van der Waals surface area contributed by atoms with Crippen LogP contribution in [0.25, 0.3) is 11.3 Å². The van der Waals surface area contributed by atoms with Crippen LogP contribution >= 0.6 is 15.9 Å². The van der Waals surface area contributed by atoms with Gasteiger partial charge in [-0.15, -0.1) is 0 Å². The monoisotopic (exact) mass is 271 g/mol. The predicted molar refractivity (Wildman–Crippen MR) is 57.8 cm³/mol. The molecule has 4 nitrogen and oxygen atoms in total. The lowest BCUT2D eigenvalue weighted by Gasteiger charge is -2.02. The molecule has 0 radical (unpaired) electrons. The summed E-state index contributed by atoms with van der Waals surface area (Å²) >= 11 is 3.05. The van der Waals surface area contributed by atoms with Gasteiger partial charge in [0.25, 0.3) is 0 Å². The summed E-state index contributed by atoms with van der Waals surface area (Å²) in [5.41, 5.74) is 6.57. The van der Waals surface area contributed by atoms with Crippen LogP contribution in [0, 0.1) is 5.82 Å². The summed E-state index contributed by atoms with van der Waals surface area (Å²) in [7, 11) is 0. The molecule has 1 aromatic carbocycles. The van der Waals surface area contributed by atoms with Crippen molar-refractivity contribution >= 4 is 21.7 Å². The minimum atomic E-state index is -0.701. The smallest absolute Gasteiger partial charge is 0.166 e. The number of aromatic nitrogens is 2. The van der Waals surface area contributed by atoms with E-state index in [4.69, 9.17) is 5.73 Å². The fourth-order valence-corrected chi connectivity index (χ4v) is 1.64. The molecular weight excluding hydrogens is 265 g/mol. The Morgan fingerprint density at radius 1 is 1.40 bits per heavy atom. The van der Waals surface area contributed by atoms with Gasteiger partial charge in [-0.1, -0.05) is 0 Å². The summed E-state index contributed by atoms with van der Waals surface area (Å²) in [5.74, 6) is -0.784. The second-order valence-corrected chi connectivity index (χ2v) is 3.85. The second-order valence-electron chi connectivity index (χ2n) is 2.99. The van der Waals surface area contributed by atoms with E-state index in [0.717, 1.165) is 0 Å². The highest BCUT2D eigenvalue weighted by Gasteiger charge is 2.10. The third-order valence-electron chi connectivity index (χ3n) is 1.93. The predicted octanol–water partition coefficient (Wildman–Crippen LogP) is 2.27. The Balaban J connectivity index is 2.55. The van der Waals surface area contributed by atoms with Gasteiger partial charge in [0.1, 0.15) is 5.82 Å². The third kappa shape index (κ3) is 1.80. The minimum absolute atomic E-state index is 0.283. The van der Waals surface area contributed by atoms with E-state index >= 15 is 0 Å². The van der Waals surface area contributed by atoms with E-state index in [1.165, 1.54) is 6.07 Å². The van der Waals surface area contributed by atoms with E-state index in [9.17, 15) is 9.50 Å². The van der Waals surface area contributed by atoms with Crippen LogP contribution in [0.4, 0.5) is 10.2 Å². The zero-order valence-corrected chi connectivity index (χ0v) is 9.05. The first-order valence-electron chi connectivity index (χ1n) is 4.07. The maximum Gasteiger partial charge on any atom is 0.166 e. The van der Waals surface area contributed by atoms with E-state index in [2.05, 4.69) is 26.1 Å². The number of hydrogen-bond acceptors (Lipinski definition) is 3. The second kappa shape index (κ2) is 3.54. The number of nitrogen functional groups attached to an aromatic ring is 1. The summed E-state index contributed by atoms with van der Waals surface area (Å²) in [4.78, 5) is 0. The molecule has 0 fully saturated rings. The highest BCUT2D eigenvalue weighted by molar-refractivity contribution is 9.10. The Labute approximate surface area is 93.1 Å². The molecule has 0 aliphatic heterocycles. The molecule has 0 unspecified atom stereocenters. The van der Waals surface area contributed by atoms with Crippen molar-refractivity contribution in [1.29, 1.82) is 0 Å². The van der Waals surface area contributed by atoms with Gasteiger partial charge in [-0.05, 0) is 28.1 Å². The summed E-state index contributed by atoms with van der Waals surface area (Å²) in [6.07, 6.45) is 0. The Bertz CT molecular complexity index is 489. The van der Waals surface area contributed by atoms with Crippen LogP contribution in [-0.2, 0) is 0 Å². The van der Waals surface area contributed by atoms with E-state index in [1.807, 2.05) is 0 Å². The van der Waals surface area contributed by atoms with Gasteiger partial charge in [0.2, 0.25) is 0 Å². The average molecular weight is 272 g/mol. The molecule has 0 aliphatic carbocycles. The number of halogens is 2. The Hall–Kier alpha value is -1.56. The summed E-state index contributed by atoms with van der Waals surface area (Å²) < 4.78 is 13.5. The minimum Gasteiger partial charge on any atom is -0.504 e. The van der Waals surface area contributed by atoms with Gasteiger partial charge in [0, 0.05) is 11.6 Å². The van der Waals surface area contributed by atoms with Gasteiger partial charge >= 0.3 is 0 Å². The molecular formula is C9H7BrFN3O. The number of anilines is 1. The molecule has 0 bridgehead atoms. The lowest BCUT2D eigenvalue weighted by atomic mass is 10.1. The fourth-order valence-electron chi connectivity index (χ4n) is 1.21. The van der Waals surface area contributed by atoms with Crippen LogP contribution in [-0.4, -0.2) is 15.3 Å². The summed E-state index contributed by atoms with van der Waals surface area (Å²) in [5, 5.41) is 15.6. The molecule has 0 saturated heterocycles. The zero-order valence-electron chi connectivity index (χ0n) is 7.46. The average Bonchev–Trinajstić information content (AvgIpc) is 2.60. The molecule has 1 heterocycles. The molecule has 0 saturated carbocycles. The Kier molecular flexibility index (Phi) is 2.36. The van der Waals surface area contributed by atoms with E-state index in [1.54, 1.807) is 12.1 Å². The largest absolute Gasteiger partial charge is 0.504 e. The Morgan fingerprint density at radius 3 is 2.67 bits per heavy atom. The molecule has 78 valence electrons. The van der Waals surface area contributed by atoms with Crippen LogP contribution in [0.2, 0.25) is 0 Å². The third-order valence-corrected chi connectivity index (χ3v) is 2.53. The molecule has 15 heavy (non-hydrogen) atoms. The Morgan fingerprint density at radius 2 is 2.13 bits per heavy atom. The molecule has 1 aromatic heterocycles. The van der Waals surface area contributed by atoms with Gasteiger partial charge in [0.05, 0.1) is 10.2 Å². The lowest BCUT2D eigenvalue weighted by molar-refractivity contribution is 0.429. The summed E-state index contributed by atoms with van der Waals surface area (Å²) in [6, 6.07) is 4.36. The number of aromatic hydroxyl groups is 1. The van der Waals surface area contributed by atoms with Crippen molar-refractivity contribution in [2.45, 2.75) is 0 Å². The van der Waals surface area contributed by atoms with Crippen LogP contribution < -0.4 is 5.73 Å². The van der Waals surface area contributed by atoms with Gasteiger partial charge < -0.3 is 10.8 Å². The van der Waals surface area contributed by atoms with E-state index < -0.39 is 11.6 Å². The molecule has 0 aliphatic rings. The first kappa shape index (κ1) is 9.97. The fraction of sp³-hybridized carbons (Fsp3) is 0. The van der Waals surface area contributed by atoms with E-state index in [-0.39, 0.29) is 4.47 Å². The van der Waals surface area contributed by atoms with E-state index in [0.29, 0.717) is 17.1 Å². The number of H-pyrrole nitrogens is 1. The molecule has 2 rings (SSSR count). The van der Waals surface area contributed by atoms with Crippen molar-refractivity contribution in [1.82, 2.24) is 10.2 Å².